The molecule has 0 saturated carbocycles. The molecule has 0 amide bonds. The number of carbonyl (C=O) groups is 2. The van der Waals surface area contributed by atoms with Crippen molar-refractivity contribution < 1.29 is 9.59 Å². The van der Waals surface area contributed by atoms with Gasteiger partial charge in [-0.15, -0.1) is 0 Å². The van der Waals surface area contributed by atoms with Crippen molar-refractivity contribution in [3.05, 3.63) is 30.3 Å². The van der Waals surface area contributed by atoms with Crippen LogP contribution in [-0.2, 0) is 9.59 Å². The zero-order chi connectivity index (χ0) is 10.4. The summed E-state index contributed by atoms with van der Waals surface area (Å²) in [4.78, 5) is 20.7. The molecule has 0 N–H and O–H groups in total. The van der Waals surface area contributed by atoms with Gasteiger partial charge in [0.05, 0.1) is 0 Å². The third-order valence-corrected chi connectivity index (χ3v) is 4.87. The summed E-state index contributed by atoms with van der Waals surface area (Å²) in [6.45, 7) is 0. The van der Waals surface area contributed by atoms with Crippen molar-refractivity contribution in [1.82, 2.24) is 0 Å². The van der Waals surface area contributed by atoms with Gasteiger partial charge in [-0.25, -0.2) is 0 Å². The quantitative estimate of drug-likeness (QED) is 0.453. The summed E-state index contributed by atoms with van der Waals surface area (Å²) in [6, 6.07) is 9.59. The fourth-order valence-electron chi connectivity index (χ4n) is 0.901. The Labute approximate surface area is 93.8 Å². The molecule has 74 valence electrons. The Hall–Kier alpha value is -0.631. The van der Waals surface area contributed by atoms with Gasteiger partial charge in [-0.1, -0.05) is 0 Å². The standard InChI is InChI=1S/C10H9ClO2Se/c11-9(6-12)10(7-13)14-8-4-2-1-3-5-8/h1-7,9-10H/t9-,10+/m0/s1. The average molecular weight is 276 g/mol. The van der Waals surface area contributed by atoms with Crippen LogP contribution in [0.4, 0.5) is 0 Å². The van der Waals surface area contributed by atoms with Gasteiger partial charge in [0.2, 0.25) is 0 Å². The van der Waals surface area contributed by atoms with Gasteiger partial charge >= 0.3 is 93.7 Å². The van der Waals surface area contributed by atoms with E-state index in [0.29, 0.717) is 6.29 Å². The molecule has 0 heterocycles. The normalized spacial score (nSPS) is 14.4. The van der Waals surface area contributed by atoms with Crippen molar-refractivity contribution in [3.8, 4) is 0 Å². The van der Waals surface area contributed by atoms with E-state index in [1.54, 1.807) is 0 Å². The van der Waals surface area contributed by atoms with E-state index < -0.39 is 5.38 Å². The van der Waals surface area contributed by atoms with E-state index in [2.05, 4.69) is 0 Å². The van der Waals surface area contributed by atoms with Crippen LogP contribution in [0, 0.1) is 0 Å². The Bertz CT molecular complexity index is 302. The van der Waals surface area contributed by atoms with Crippen LogP contribution in [0.2, 0.25) is 4.82 Å². The molecule has 1 aromatic rings. The molecule has 1 aromatic carbocycles. The second-order valence-corrected chi connectivity index (χ2v) is 5.74. The summed E-state index contributed by atoms with van der Waals surface area (Å²) in [5.74, 6) is 0. The fraction of sp³-hybridized carbons (Fsp3) is 0.200. The van der Waals surface area contributed by atoms with E-state index in [9.17, 15) is 9.59 Å². The second-order valence-electron chi connectivity index (χ2n) is 2.61. The molecule has 0 bridgehead atoms. The molecule has 0 unspecified atom stereocenters. The number of aldehydes is 2. The molecule has 0 aliphatic heterocycles. The van der Waals surface area contributed by atoms with Crippen molar-refractivity contribution in [2.75, 3.05) is 0 Å². The monoisotopic (exact) mass is 276 g/mol. The Kier molecular flexibility index (Phi) is 4.88. The Morgan fingerprint density at radius 2 is 1.79 bits per heavy atom. The minimum atomic E-state index is -0.701. The SMILES string of the molecule is O=C[C@H](Cl)[C@@H](C=O)[Se]c1ccccc1. The van der Waals surface area contributed by atoms with Crippen molar-refractivity contribution >= 4 is 43.6 Å². The van der Waals surface area contributed by atoms with Crippen LogP contribution in [0.15, 0.2) is 30.3 Å². The first-order valence-electron chi connectivity index (χ1n) is 4.04. The number of benzene rings is 1. The first-order valence-corrected chi connectivity index (χ1v) is 6.32. The minimum absolute atomic E-state index is 0.0731. The maximum atomic E-state index is 10.7. The predicted octanol–water partition coefficient (Wildman–Crippen LogP) is 0.810. The topological polar surface area (TPSA) is 34.1 Å². The second kappa shape index (κ2) is 5.97. The molecular formula is C10H9ClO2Se. The Morgan fingerprint density at radius 3 is 2.29 bits per heavy atom. The first kappa shape index (κ1) is 11.4. The first-order chi connectivity index (χ1) is 6.77. The molecule has 0 aromatic heterocycles. The van der Waals surface area contributed by atoms with Crippen LogP contribution >= 0.6 is 11.6 Å². The number of rotatable bonds is 5. The van der Waals surface area contributed by atoms with E-state index in [-0.39, 0.29) is 19.8 Å². The summed E-state index contributed by atoms with van der Waals surface area (Å²) in [7, 11) is 0. The number of carbonyl (C=O) groups excluding carboxylic acids is 2. The van der Waals surface area contributed by atoms with Crippen LogP contribution in [0.1, 0.15) is 0 Å². The molecule has 4 heteroatoms. The molecule has 2 atom stereocenters. The molecule has 14 heavy (non-hydrogen) atoms. The molecule has 2 nitrogen and oxygen atoms in total. The van der Waals surface area contributed by atoms with Crippen molar-refractivity contribution in [2.24, 2.45) is 0 Å². The molecule has 1 rings (SSSR count). The summed E-state index contributed by atoms with van der Waals surface area (Å²) in [6.07, 6.45) is 1.38. The van der Waals surface area contributed by atoms with Crippen molar-refractivity contribution in [2.45, 2.75) is 10.2 Å². The van der Waals surface area contributed by atoms with Gasteiger partial charge < -0.3 is 0 Å². The zero-order valence-corrected chi connectivity index (χ0v) is 9.77. The van der Waals surface area contributed by atoms with Crippen LogP contribution in [0.25, 0.3) is 0 Å². The van der Waals surface area contributed by atoms with Gasteiger partial charge in [0.25, 0.3) is 0 Å². The predicted molar refractivity (Wildman–Crippen MR) is 57.3 cm³/mol. The fourth-order valence-corrected chi connectivity index (χ4v) is 3.07. The number of hydrogen-bond donors (Lipinski definition) is 0. The van der Waals surface area contributed by atoms with Crippen LogP contribution in [-0.4, -0.2) is 32.9 Å². The molecule has 0 aliphatic rings. The van der Waals surface area contributed by atoms with Gasteiger partial charge in [-0.2, -0.15) is 0 Å². The summed E-state index contributed by atoms with van der Waals surface area (Å²) in [5.41, 5.74) is 0. The zero-order valence-electron chi connectivity index (χ0n) is 7.30. The van der Waals surface area contributed by atoms with E-state index in [0.717, 1.165) is 10.7 Å². The number of alkyl halides is 1. The van der Waals surface area contributed by atoms with Gasteiger partial charge in [0.15, 0.2) is 0 Å². The summed E-state index contributed by atoms with van der Waals surface area (Å²) >= 11 is 5.62. The van der Waals surface area contributed by atoms with E-state index in [1.165, 1.54) is 0 Å². The number of hydrogen-bond acceptors (Lipinski definition) is 2. The van der Waals surface area contributed by atoms with Crippen molar-refractivity contribution in [3.63, 3.8) is 0 Å². The molecule has 0 radical (unpaired) electrons. The number of halogens is 1. The van der Waals surface area contributed by atoms with Crippen LogP contribution in [0.5, 0.6) is 0 Å². The molecule has 0 aliphatic carbocycles. The van der Waals surface area contributed by atoms with Crippen molar-refractivity contribution in [1.29, 1.82) is 0 Å². The Morgan fingerprint density at radius 1 is 1.14 bits per heavy atom. The molecule has 0 spiro atoms. The van der Waals surface area contributed by atoms with Crippen LogP contribution < -0.4 is 4.46 Å². The van der Waals surface area contributed by atoms with Gasteiger partial charge in [-0.3, -0.25) is 0 Å². The summed E-state index contributed by atoms with van der Waals surface area (Å²) in [5, 5.41) is -0.701. The van der Waals surface area contributed by atoms with Gasteiger partial charge in [0.1, 0.15) is 0 Å². The van der Waals surface area contributed by atoms with Gasteiger partial charge in [0, 0.05) is 0 Å². The maximum absolute atomic E-state index is 10.7. The van der Waals surface area contributed by atoms with E-state index >= 15 is 0 Å². The molecule has 0 fully saturated rings. The summed E-state index contributed by atoms with van der Waals surface area (Å²) < 4.78 is 1.07. The van der Waals surface area contributed by atoms with Crippen LogP contribution in [0.3, 0.4) is 0 Å². The Balaban J connectivity index is 2.66. The van der Waals surface area contributed by atoms with Gasteiger partial charge in [-0.05, 0) is 0 Å². The molecule has 0 saturated heterocycles. The third kappa shape index (κ3) is 3.26. The third-order valence-electron chi connectivity index (χ3n) is 1.59. The van der Waals surface area contributed by atoms with E-state index in [1.807, 2.05) is 30.3 Å². The average Bonchev–Trinajstić information content (AvgIpc) is 2.26. The van der Waals surface area contributed by atoms with E-state index in [4.69, 9.17) is 11.6 Å². The molecular weight excluding hydrogens is 267 g/mol.